The molecule has 5 nitrogen and oxygen atoms in total. The molecule has 0 unspecified atom stereocenters. The summed E-state index contributed by atoms with van der Waals surface area (Å²) in [5, 5.41) is 0. The second kappa shape index (κ2) is 10.6. The fourth-order valence-electron chi connectivity index (χ4n) is 2.47. The van der Waals surface area contributed by atoms with Crippen LogP contribution in [0.5, 0.6) is 0 Å². The van der Waals surface area contributed by atoms with Gasteiger partial charge in [-0.1, -0.05) is 58.0 Å². The maximum atomic E-state index is 12.9. The first kappa shape index (κ1) is 22.4. The Hall–Kier alpha value is -0.850. The largest absolute Gasteiger partial charge is 0.375 e. The minimum absolute atomic E-state index is 0.0541. The van der Waals surface area contributed by atoms with E-state index >= 15 is 0 Å². The first-order chi connectivity index (χ1) is 12.9. The molecule has 1 heterocycles. The number of hydrogen-bond donors (Lipinski definition) is 0. The lowest BCUT2D eigenvalue weighted by atomic mass is 10.0. The Morgan fingerprint density at radius 2 is 1.74 bits per heavy atom. The Balaban J connectivity index is 2.28. The average molecular weight is 430 g/mol. The Morgan fingerprint density at radius 3 is 2.26 bits per heavy atom. The third kappa shape index (κ3) is 6.06. The third-order valence-corrected chi connectivity index (χ3v) is 8.93. The molecule has 0 N–H and O–H groups in total. The summed E-state index contributed by atoms with van der Waals surface area (Å²) in [6.07, 6.45) is 1.73. The summed E-state index contributed by atoms with van der Waals surface area (Å²) in [4.78, 5) is 12.9. The Kier molecular flexibility index (Phi) is 8.83. The molecule has 27 heavy (non-hydrogen) atoms. The van der Waals surface area contributed by atoms with Crippen LogP contribution in [0.15, 0.2) is 39.6 Å². The van der Waals surface area contributed by atoms with Gasteiger partial charge in [0, 0.05) is 5.56 Å². The van der Waals surface area contributed by atoms with E-state index in [-0.39, 0.29) is 17.4 Å². The van der Waals surface area contributed by atoms with Crippen LogP contribution in [-0.4, -0.2) is 18.0 Å². The molecule has 0 amide bonds. The second-order valence-corrected chi connectivity index (χ2v) is 12.7. The predicted molar refractivity (Wildman–Crippen MR) is 117 cm³/mol. The van der Waals surface area contributed by atoms with Gasteiger partial charge in [0.05, 0.1) is 18.8 Å². The monoisotopic (exact) mass is 429 g/mol. The van der Waals surface area contributed by atoms with E-state index in [4.69, 9.17) is 25.4 Å². The van der Waals surface area contributed by atoms with Crippen LogP contribution in [0, 0.1) is 0 Å². The van der Waals surface area contributed by atoms with Gasteiger partial charge in [0.15, 0.2) is 5.76 Å². The minimum atomic E-state index is -2.51. The summed E-state index contributed by atoms with van der Waals surface area (Å²) in [5.74, 6) is 0.947. The van der Waals surface area contributed by atoms with E-state index in [2.05, 4.69) is 0 Å². The second-order valence-electron chi connectivity index (χ2n) is 6.41. The summed E-state index contributed by atoms with van der Waals surface area (Å²) in [7, 11) is 0. The highest BCUT2D eigenvalue weighted by Gasteiger charge is 2.25. The Bertz CT molecular complexity index is 805. The van der Waals surface area contributed by atoms with Crippen molar-refractivity contribution >= 4 is 28.9 Å². The van der Waals surface area contributed by atoms with Crippen LogP contribution in [0.3, 0.4) is 0 Å². The fourth-order valence-corrected chi connectivity index (χ4v) is 6.42. The van der Waals surface area contributed by atoms with Crippen LogP contribution < -0.4 is 5.56 Å². The van der Waals surface area contributed by atoms with E-state index in [0.29, 0.717) is 24.5 Å². The topological polar surface area (TPSA) is 53.6 Å². The summed E-state index contributed by atoms with van der Waals surface area (Å²) in [6, 6.07) is 9.70. The molecule has 0 saturated heterocycles. The molecule has 0 atom stereocenters. The highest BCUT2D eigenvalue weighted by atomic mass is 32.9. The highest BCUT2D eigenvalue weighted by molar-refractivity contribution is 8.67. The van der Waals surface area contributed by atoms with E-state index in [1.807, 2.05) is 58.0 Å². The Labute approximate surface area is 170 Å². The van der Waals surface area contributed by atoms with Crippen LogP contribution in [0.1, 0.15) is 52.0 Å². The maximum absolute atomic E-state index is 12.9. The van der Waals surface area contributed by atoms with E-state index in [1.165, 1.54) is 16.1 Å². The molecule has 0 spiro atoms. The molecule has 150 valence electrons. The zero-order valence-electron chi connectivity index (χ0n) is 16.3. The van der Waals surface area contributed by atoms with Gasteiger partial charge in [-0.25, -0.2) is 0 Å². The summed E-state index contributed by atoms with van der Waals surface area (Å²) >= 11 is 6.98. The van der Waals surface area contributed by atoms with Crippen LogP contribution >= 0.6 is 17.1 Å². The van der Waals surface area contributed by atoms with E-state index in [0.717, 1.165) is 18.4 Å². The number of hydrogen-bond acceptors (Lipinski definition) is 6. The SMILES string of the molecule is CCCOP(=S)(OCCC)SCn1oc(-c2ccccc2)c(C(C)C)c1=O. The minimum Gasteiger partial charge on any atom is -0.375 e. The predicted octanol–water partition coefficient (Wildman–Crippen LogP) is 6.00. The molecule has 0 bridgehead atoms. The van der Waals surface area contributed by atoms with E-state index in [1.54, 1.807) is 0 Å². The number of rotatable bonds is 11. The first-order valence-electron chi connectivity index (χ1n) is 9.25. The number of nitrogens with zero attached hydrogens (tertiary/aromatic N) is 1. The van der Waals surface area contributed by atoms with Crippen LogP contribution in [-0.2, 0) is 26.7 Å². The van der Waals surface area contributed by atoms with Gasteiger partial charge in [0.25, 0.3) is 5.56 Å². The van der Waals surface area contributed by atoms with Gasteiger partial charge in [-0.05, 0) is 41.9 Å². The van der Waals surface area contributed by atoms with Crippen molar-refractivity contribution in [3.8, 4) is 11.3 Å². The van der Waals surface area contributed by atoms with Crippen LogP contribution in [0.2, 0.25) is 0 Å². The number of aromatic nitrogens is 1. The van der Waals surface area contributed by atoms with Gasteiger partial charge in [-0.15, -0.1) is 0 Å². The molecule has 2 aromatic rings. The summed E-state index contributed by atoms with van der Waals surface area (Å²) < 4.78 is 19.0. The molecule has 1 aromatic carbocycles. The van der Waals surface area contributed by atoms with Crippen LogP contribution in [0.4, 0.5) is 0 Å². The molecule has 0 aliphatic carbocycles. The average Bonchev–Trinajstić information content (AvgIpc) is 3.01. The molecule has 1 aromatic heterocycles. The zero-order chi connectivity index (χ0) is 19.9. The smallest absolute Gasteiger partial charge is 0.287 e. The van der Waals surface area contributed by atoms with E-state index < -0.39 is 5.69 Å². The normalized spacial score (nSPS) is 12.0. The summed E-state index contributed by atoms with van der Waals surface area (Å²) in [5.41, 5.74) is -1.06. The van der Waals surface area contributed by atoms with Gasteiger partial charge < -0.3 is 13.6 Å². The van der Waals surface area contributed by atoms with E-state index in [9.17, 15) is 4.79 Å². The molecule has 2 rings (SSSR count). The van der Waals surface area contributed by atoms with Crippen molar-refractivity contribution < 1.29 is 13.6 Å². The van der Waals surface area contributed by atoms with Crippen molar-refractivity contribution in [3.63, 3.8) is 0 Å². The standard InChI is InChI=1S/C19H28NO4PS2/c1-5-12-22-25(26,23-13-6-2)27-14-20-19(21)17(15(3)4)18(24-20)16-10-8-7-9-11-16/h7-11,15H,5-6,12-14H2,1-4H3. The van der Waals surface area contributed by atoms with Gasteiger partial charge in [-0.3, -0.25) is 4.79 Å². The first-order valence-corrected chi connectivity index (χ1v) is 13.5. The van der Waals surface area contributed by atoms with Crippen molar-refractivity contribution in [2.75, 3.05) is 13.2 Å². The molecular weight excluding hydrogens is 401 g/mol. The quantitative estimate of drug-likeness (QED) is 0.408. The van der Waals surface area contributed by atoms with Gasteiger partial charge in [0.2, 0.25) is 5.69 Å². The van der Waals surface area contributed by atoms with Gasteiger partial charge in [0.1, 0.15) is 5.88 Å². The highest BCUT2D eigenvalue weighted by Crippen LogP contribution is 2.61. The molecular formula is C19H28NO4PS2. The summed E-state index contributed by atoms with van der Waals surface area (Å²) in [6.45, 7) is 9.15. The van der Waals surface area contributed by atoms with Gasteiger partial charge >= 0.3 is 0 Å². The zero-order valence-corrected chi connectivity index (χ0v) is 18.9. The van der Waals surface area contributed by atoms with Crippen molar-refractivity contribution in [2.24, 2.45) is 0 Å². The lowest BCUT2D eigenvalue weighted by molar-refractivity contribution is 0.259. The molecule has 0 aliphatic heterocycles. The molecule has 8 heteroatoms. The van der Waals surface area contributed by atoms with Crippen molar-refractivity contribution in [3.05, 3.63) is 46.2 Å². The maximum Gasteiger partial charge on any atom is 0.287 e. The lowest BCUT2D eigenvalue weighted by Crippen LogP contribution is -2.17. The number of benzene rings is 1. The molecule has 0 aliphatic rings. The molecule has 0 fully saturated rings. The van der Waals surface area contributed by atoms with Gasteiger partial charge in [-0.2, -0.15) is 4.74 Å². The molecule has 0 saturated carbocycles. The van der Waals surface area contributed by atoms with Crippen molar-refractivity contribution in [2.45, 2.75) is 52.3 Å². The van der Waals surface area contributed by atoms with Crippen molar-refractivity contribution in [1.29, 1.82) is 0 Å². The van der Waals surface area contributed by atoms with Crippen molar-refractivity contribution in [1.82, 2.24) is 4.74 Å². The van der Waals surface area contributed by atoms with Crippen LogP contribution in [0.25, 0.3) is 11.3 Å². The fraction of sp³-hybridized carbons (Fsp3) is 0.526. The Morgan fingerprint density at radius 1 is 1.15 bits per heavy atom. The molecule has 0 radical (unpaired) electrons. The lowest BCUT2D eigenvalue weighted by Gasteiger charge is -2.20. The third-order valence-electron chi connectivity index (χ3n) is 3.76.